The minimum absolute atomic E-state index is 0.750. The lowest BCUT2D eigenvalue weighted by Gasteiger charge is -1.82. The molecule has 2 nitrogen and oxygen atoms in total. The number of aldehydes is 1. The first-order valence-corrected chi connectivity index (χ1v) is 3.07. The van der Waals surface area contributed by atoms with E-state index in [0.29, 0.717) is 0 Å². The number of aryl methyl sites for hydroxylation is 1. The van der Waals surface area contributed by atoms with Gasteiger partial charge in [0.2, 0.25) is 0 Å². The average Bonchev–Trinajstić information content (AvgIpc) is 1.91. The Morgan fingerprint density at radius 2 is 1.80 bits per heavy atom. The second-order valence-electron chi connectivity index (χ2n) is 1.76. The zero-order valence-electron chi connectivity index (χ0n) is 6.24. The zero-order valence-corrected chi connectivity index (χ0v) is 6.24. The van der Waals surface area contributed by atoms with Gasteiger partial charge in [0.15, 0.2) is 0 Å². The van der Waals surface area contributed by atoms with Crippen molar-refractivity contribution < 1.29 is 4.79 Å². The van der Waals surface area contributed by atoms with Crippen LogP contribution >= 0.6 is 0 Å². The van der Waals surface area contributed by atoms with E-state index in [0.717, 1.165) is 6.29 Å². The molecule has 0 aliphatic heterocycles. The number of hydrogen-bond acceptors (Lipinski definition) is 2. The molecule has 1 aromatic rings. The number of aromatic nitrogens is 1. The van der Waals surface area contributed by atoms with Crippen LogP contribution in [0.25, 0.3) is 0 Å². The van der Waals surface area contributed by atoms with Crippen molar-refractivity contribution in [1.29, 1.82) is 0 Å². The van der Waals surface area contributed by atoms with Gasteiger partial charge in [0.1, 0.15) is 6.29 Å². The number of carbonyl (C=O) groups is 1. The highest BCUT2D eigenvalue weighted by Gasteiger charge is 1.72. The molecule has 0 aliphatic rings. The normalized spacial score (nSPS) is 7.40. The molecule has 0 aliphatic carbocycles. The predicted octanol–water partition coefficient (Wildman–Crippen LogP) is 1.60. The number of nitrogens with zero attached hydrogens (tertiary/aromatic N) is 1. The minimum Gasteiger partial charge on any atom is -0.304 e. The van der Waals surface area contributed by atoms with Gasteiger partial charge < -0.3 is 4.79 Å². The second kappa shape index (κ2) is 5.95. The van der Waals surface area contributed by atoms with Gasteiger partial charge in [-0.25, -0.2) is 0 Å². The van der Waals surface area contributed by atoms with Crippen LogP contribution in [0.15, 0.2) is 24.5 Å². The van der Waals surface area contributed by atoms with Crippen LogP contribution in [-0.4, -0.2) is 11.3 Å². The summed E-state index contributed by atoms with van der Waals surface area (Å²) in [7, 11) is 0. The van der Waals surface area contributed by atoms with Gasteiger partial charge in [-0.05, 0) is 31.5 Å². The second-order valence-corrected chi connectivity index (χ2v) is 1.76. The van der Waals surface area contributed by atoms with E-state index in [2.05, 4.69) is 4.98 Å². The van der Waals surface area contributed by atoms with Gasteiger partial charge in [0, 0.05) is 12.4 Å². The quantitative estimate of drug-likeness (QED) is 0.508. The lowest BCUT2D eigenvalue weighted by Crippen LogP contribution is -1.68. The van der Waals surface area contributed by atoms with Crippen molar-refractivity contribution in [3.05, 3.63) is 30.1 Å². The van der Waals surface area contributed by atoms with Crippen molar-refractivity contribution in [1.82, 2.24) is 4.98 Å². The Labute approximate surface area is 60.9 Å². The van der Waals surface area contributed by atoms with Crippen molar-refractivity contribution in [2.75, 3.05) is 0 Å². The Kier molecular flexibility index (Phi) is 5.25. The largest absolute Gasteiger partial charge is 0.304 e. The Morgan fingerprint density at radius 1 is 1.40 bits per heavy atom. The molecule has 0 unspecified atom stereocenters. The van der Waals surface area contributed by atoms with E-state index in [9.17, 15) is 0 Å². The maximum Gasteiger partial charge on any atom is 0.116 e. The summed E-state index contributed by atoms with van der Waals surface area (Å²) < 4.78 is 0. The highest BCUT2D eigenvalue weighted by atomic mass is 16.1. The van der Waals surface area contributed by atoms with Crippen LogP contribution < -0.4 is 0 Å². The molecule has 2 heteroatoms. The van der Waals surface area contributed by atoms with Gasteiger partial charge in [0.25, 0.3) is 0 Å². The summed E-state index contributed by atoms with van der Waals surface area (Å²) in [6.45, 7) is 3.49. The van der Waals surface area contributed by atoms with E-state index in [1.165, 1.54) is 12.5 Å². The Hall–Kier alpha value is -1.18. The first-order valence-electron chi connectivity index (χ1n) is 3.07. The van der Waals surface area contributed by atoms with Crippen LogP contribution in [0.4, 0.5) is 0 Å². The van der Waals surface area contributed by atoms with Crippen LogP contribution in [0.2, 0.25) is 0 Å². The predicted molar refractivity (Wildman–Crippen MR) is 40.7 cm³/mol. The zero-order chi connectivity index (χ0) is 7.82. The van der Waals surface area contributed by atoms with Crippen molar-refractivity contribution >= 4 is 6.29 Å². The third-order valence-electron chi connectivity index (χ3n) is 0.847. The molecular formula is C8H11NO. The van der Waals surface area contributed by atoms with Crippen LogP contribution in [-0.2, 0) is 4.79 Å². The molecule has 0 bridgehead atoms. The summed E-state index contributed by atoms with van der Waals surface area (Å²) in [5.74, 6) is 0. The number of hydrogen-bond donors (Lipinski definition) is 0. The molecule has 0 aromatic carbocycles. The fourth-order valence-electron chi connectivity index (χ4n) is 0.426. The molecule has 0 atom stereocenters. The molecule has 0 saturated heterocycles. The van der Waals surface area contributed by atoms with Gasteiger partial charge >= 0.3 is 0 Å². The SMILES string of the molecule is CC=O.Cc1ccncc1. The molecule has 0 fully saturated rings. The van der Waals surface area contributed by atoms with Crippen LogP contribution in [0, 0.1) is 6.92 Å². The highest BCUT2D eigenvalue weighted by molar-refractivity contribution is 5.44. The maximum atomic E-state index is 8.81. The topological polar surface area (TPSA) is 30.0 Å². The van der Waals surface area contributed by atoms with Crippen molar-refractivity contribution in [3.63, 3.8) is 0 Å². The van der Waals surface area contributed by atoms with Gasteiger partial charge in [-0.3, -0.25) is 4.98 Å². The van der Waals surface area contributed by atoms with Crippen molar-refractivity contribution in [2.45, 2.75) is 13.8 Å². The van der Waals surface area contributed by atoms with Crippen LogP contribution in [0.1, 0.15) is 12.5 Å². The number of carbonyl (C=O) groups excluding carboxylic acids is 1. The molecule has 1 rings (SSSR count). The van der Waals surface area contributed by atoms with Gasteiger partial charge in [-0.15, -0.1) is 0 Å². The Bertz CT molecular complexity index is 172. The first-order chi connectivity index (χ1) is 4.81. The molecule has 0 radical (unpaired) electrons. The summed E-state index contributed by atoms with van der Waals surface area (Å²) in [6, 6.07) is 3.94. The molecule has 1 heterocycles. The summed E-state index contributed by atoms with van der Waals surface area (Å²) in [6.07, 6.45) is 4.32. The average molecular weight is 137 g/mol. The van der Waals surface area contributed by atoms with Crippen molar-refractivity contribution in [2.24, 2.45) is 0 Å². The summed E-state index contributed by atoms with van der Waals surface area (Å²) in [5.41, 5.74) is 1.26. The third kappa shape index (κ3) is 4.97. The summed E-state index contributed by atoms with van der Waals surface area (Å²) >= 11 is 0. The smallest absolute Gasteiger partial charge is 0.116 e. The standard InChI is InChI=1S/C6H7N.C2H4O/c1-6-2-4-7-5-3-6;1-2-3/h2-5H,1H3;2H,1H3. The van der Waals surface area contributed by atoms with Gasteiger partial charge in [-0.2, -0.15) is 0 Å². The van der Waals surface area contributed by atoms with E-state index in [4.69, 9.17) is 4.79 Å². The Balaban J connectivity index is 0.000000236. The summed E-state index contributed by atoms with van der Waals surface area (Å²) in [4.78, 5) is 12.7. The first kappa shape index (κ1) is 8.82. The van der Waals surface area contributed by atoms with Crippen molar-refractivity contribution in [3.8, 4) is 0 Å². The molecule has 10 heavy (non-hydrogen) atoms. The lowest BCUT2D eigenvalue weighted by molar-refractivity contribution is -0.106. The molecule has 0 saturated carbocycles. The maximum absolute atomic E-state index is 8.81. The molecule has 0 N–H and O–H groups in total. The molecular weight excluding hydrogens is 126 g/mol. The molecule has 0 spiro atoms. The number of rotatable bonds is 0. The fraction of sp³-hybridized carbons (Fsp3) is 0.250. The van der Waals surface area contributed by atoms with Crippen LogP contribution in [0.5, 0.6) is 0 Å². The van der Waals surface area contributed by atoms with Gasteiger partial charge in [0.05, 0.1) is 0 Å². The lowest BCUT2D eigenvalue weighted by atomic mass is 10.3. The molecule has 1 aromatic heterocycles. The molecule has 54 valence electrons. The van der Waals surface area contributed by atoms with E-state index in [1.807, 2.05) is 19.1 Å². The van der Waals surface area contributed by atoms with E-state index in [-0.39, 0.29) is 0 Å². The van der Waals surface area contributed by atoms with Gasteiger partial charge in [-0.1, -0.05) is 0 Å². The summed E-state index contributed by atoms with van der Waals surface area (Å²) in [5, 5.41) is 0. The monoisotopic (exact) mass is 137 g/mol. The van der Waals surface area contributed by atoms with E-state index < -0.39 is 0 Å². The van der Waals surface area contributed by atoms with Crippen LogP contribution in [0.3, 0.4) is 0 Å². The fourth-order valence-corrected chi connectivity index (χ4v) is 0.426. The Morgan fingerprint density at radius 3 is 2.00 bits per heavy atom. The van der Waals surface area contributed by atoms with E-state index >= 15 is 0 Å². The van der Waals surface area contributed by atoms with E-state index in [1.54, 1.807) is 12.4 Å². The number of pyridine rings is 1. The highest BCUT2D eigenvalue weighted by Crippen LogP contribution is 1.88. The minimum atomic E-state index is 0.750. The third-order valence-corrected chi connectivity index (χ3v) is 0.847. The molecule has 0 amide bonds.